The molecule has 4 nitrogen and oxygen atoms in total. The lowest BCUT2D eigenvalue weighted by molar-refractivity contribution is 0.160. The number of aromatic nitrogens is 2. The number of hydrogen-bond donors (Lipinski definition) is 2. The summed E-state index contributed by atoms with van der Waals surface area (Å²) in [6, 6.07) is 0. The van der Waals surface area contributed by atoms with Crippen LogP contribution in [0.2, 0.25) is 0 Å². The van der Waals surface area contributed by atoms with Gasteiger partial charge in [0.15, 0.2) is 0 Å². The minimum atomic E-state index is -0.226. The van der Waals surface area contributed by atoms with Crippen molar-refractivity contribution >= 4 is 0 Å². The molecule has 1 atom stereocenters. The van der Waals surface area contributed by atoms with Gasteiger partial charge < -0.3 is 10.4 Å². The van der Waals surface area contributed by atoms with E-state index in [1.54, 1.807) is 0 Å². The molecule has 1 rings (SSSR count). The average Bonchev–Trinajstić information content (AvgIpc) is 2.67. The van der Waals surface area contributed by atoms with Crippen LogP contribution in [0.5, 0.6) is 0 Å². The second-order valence-electron chi connectivity index (χ2n) is 4.19. The Morgan fingerprint density at radius 1 is 1.44 bits per heavy atom. The molecule has 0 radical (unpaired) electrons. The Hall–Kier alpha value is -0.870. The maximum atomic E-state index is 9.53. The van der Waals surface area contributed by atoms with E-state index in [1.165, 1.54) is 5.56 Å². The zero-order valence-corrected chi connectivity index (χ0v) is 10.3. The quantitative estimate of drug-likeness (QED) is 0.705. The van der Waals surface area contributed by atoms with Crippen LogP contribution in [-0.4, -0.2) is 27.5 Å². The minimum Gasteiger partial charge on any atom is -0.392 e. The van der Waals surface area contributed by atoms with Crippen LogP contribution in [0.3, 0.4) is 0 Å². The molecule has 1 aromatic rings. The Bertz CT molecular complexity index is 286. The first-order valence-electron chi connectivity index (χ1n) is 6.16. The second kappa shape index (κ2) is 7.41. The number of aliphatic hydroxyl groups is 1. The normalized spacial score (nSPS) is 12.9. The van der Waals surface area contributed by atoms with Crippen LogP contribution >= 0.6 is 0 Å². The summed E-state index contributed by atoms with van der Waals surface area (Å²) < 4.78 is 1.96. The summed E-state index contributed by atoms with van der Waals surface area (Å²) in [5.41, 5.74) is 1.18. The third-order valence-corrected chi connectivity index (χ3v) is 2.47. The van der Waals surface area contributed by atoms with Crippen LogP contribution < -0.4 is 5.32 Å². The van der Waals surface area contributed by atoms with Crippen molar-refractivity contribution in [2.45, 2.75) is 52.3 Å². The van der Waals surface area contributed by atoms with E-state index in [0.29, 0.717) is 6.54 Å². The standard InChI is InChI=1S/C12H23N3O/c1-3-5-12(16)9-13-7-11-8-14-15(10-11)6-4-2/h8,10,12-13,16H,3-7,9H2,1-2H3. The van der Waals surface area contributed by atoms with E-state index in [1.807, 2.05) is 10.9 Å². The molecule has 16 heavy (non-hydrogen) atoms. The van der Waals surface area contributed by atoms with E-state index >= 15 is 0 Å². The predicted molar refractivity (Wildman–Crippen MR) is 65.1 cm³/mol. The molecular weight excluding hydrogens is 202 g/mol. The van der Waals surface area contributed by atoms with Gasteiger partial charge >= 0.3 is 0 Å². The smallest absolute Gasteiger partial charge is 0.0664 e. The molecule has 0 aliphatic heterocycles. The topological polar surface area (TPSA) is 50.1 Å². The van der Waals surface area contributed by atoms with Crippen molar-refractivity contribution in [3.63, 3.8) is 0 Å². The monoisotopic (exact) mass is 225 g/mol. The first-order valence-corrected chi connectivity index (χ1v) is 6.16. The Morgan fingerprint density at radius 3 is 2.94 bits per heavy atom. The van der Waals surface area contributed by atoms with Crippen molar-refractivity contribution in [2.24, 2.45) is 0 Å². The number of nitrogens with zero attached hydrogens (tertiary/aromatic N) is 2. The molecule has 0 aliphatic carbocycles. The fourth-order valence-electron chi connectivity index (χ4n) is 1.67. The molecule has 4 heteroatoms. The van der Waals surface area contributed by atoms with Gasteiger partial charge in [0.05, 0.1) is 12.3 Å². The van der Waals surface area contributed by atoms with Crippen LogP contribution in [0.25, 0.3) is 0 Å². The Labute approximate surface area is 97.7 Å². The average molecular weight is 225 g/mol. The van der Waals surface area contributed by atoms with E-state index in [4.69, 9.17) is 0 Å². The van der Waals surface area contributed by atoms with Crippen molar-refractivity contribution in [1.82, 2.24) is 15.1 Å². The fourth-order valence-corrected chi connectivity index (χ4v) is 1.67. The summed E-state index contributed by atoms with van der Waals surface area (Å²) in [7, 11) is 0. The van der Waals surface area contributed by atoms with Gasteiger partial charge in [-0.05, 0) is 12.8 Å². The van der Waals surface area contributed by atoms with Gasteiger partial charge in [-0.15, -0.1) is 0 Å². The Kier molecular flexibility index (Phi) is 6.11. The number of aryl methyl sites for hydroxylation is 1. The van der Waals surface area contributed by atoms with Crippen LogP contribution in [-0.2, 0) is 13.1 Å². The van der Waals surface area contributed by atoms with Crippen LogP contribution in [0.15, 0.2) is 12.4 Å². The first kappa shape index (κ1) is 13.2. The summed E-state index contributed by atoms with van der Waals surface area (Å²) in [4.78, 5) is 0. The highest BCUT2D eigenvalue weighted by Gasteiger charge is 2.02. The summed E-state index contributed by atoms with van der Waals surface area (Å²) in [5, 5.41) is 17.0. The van der Waals surface area contributed by atoms with E-state index in [9.17, 15) is 5.11 Å². The highest BCUT2D eigenvalue weighted by atomic mass is 16.3. The van der Waals surface area contributed by atoms with Crippen molar-refractivity contribution in [3.05, 3.63) is 18.0 Å². The van der Waals surface area contributed by atoms with Gasteiger partial charge in [0, 0.05) is 31.4 Å². The third-order valence-electron chi connectivity index (χ3n) is 2.47. The van der Waals surface area contributed by atoms with Crippen molar-refractivity contribution in [2.75, 3.05) is 6.54 Å². The zero-order chi connectivity index (χ0) is 11.8. The number of nitrogens with one attached hydrogen (secondary N) is 1. The molecule has 0 saturated heterocycles. The largest absolute Gasteiger partial charge is 0.392 e. The SMILES string of the molecule is CCCC(O)CNCc1cnn(CCC)c1. The first-order chi connectivity index (χ1) is 7.76. The van der Waals surface area contributed by atoms with Crippen molar-refractivity contribution in [3.8, 4) is 0 Å². The van der Waals surface area contributed by atoms with Crippen LogP contribution in [0.4, 0.5) is 0 Å². The number of hydrogen-bond acceptors (Lipinski definition) is 3. The van der Waals surface area contributed by atoms with Gasteiger partial charge in [0.25, 0.3) is 0 Å². The molecule has 2 N–H and O–H groups in total. The number of rotatable bonds is 8. The molecule has 0 spiro atoms. The summed E-state index contributed by atoms with van der Waals surface area (Å²) in [6.45, 7) is 6.63. The maximum absolute atomic E-state index is 9.53. The molecule has 0 fully saturated rings. The molecule has 1 heterocycles. The van der Waals surface area contributed by atoms with E-state index in [2.05, 4.69) is 30.5 Å². The van der Waals surface area contributed by atoms with Gasteiger partial charge in [-0.3, -0.25) is 4.68 Å². The third kappa shape index (κ3) is 4.77. The van der Waals surface area contributed by atoms with Crippen LogP contribution in [0.1, 0.15) is 38.7 Å². The Balaban J connectivity index is 2.21. The molecule has 0 aliphatic rings. The highest BCUT2D eigenvalue weighted by Crippen LogP contribution is 1.99. The molecule has 0 amide bonds. The summed E-state index contributed by atoms with van der Waals surface area (Å²) in [5.74, 6) is 0. The zero-order valence-electron chi connectivity index (χ0n) is 10.3. The van der Waals surface area contributed by atoms with E-state index < -0.39 is 0 Å². The molecule has 92 valence electrons. The van der Waals surface area contributed by atoms with E-state index in [-0.39, 0.29) is 6.10 Å². The van der Waals surface area contributed by atoms with E-state index in [0.717, 1.165) is 32.4 Å². The van der Waals surface area contributed by atoms with Crippen LogP contribution in [0, 0.1) is 0 Å². The lowest BCUT2D eigenvalue weighted by atomic mass is 10.2. The van der Waals surface area contributed by atoms with Crippen molar-refractivity contribution < 1.29 is 5.11 Å². The Morgan fingerprint density at radius 2 is 2.25 bits per heavy atom. The van der Waals surface area contributed by atoms with Gasteiger partial charge in [0.1, 0.15) is 0 Å². The predicted octanol–water partition coefficient (Wildman–Crippen LogP) is 1.54. The molecule has 0 aromatic carbocycles. The molecule has 1 aromatic heterocycles. The lowest BCUT2D eigenvalue weighted by Gasteiger charge is -2.09. The van der Waals surface area contributed by atoms with Gasteiger partial charge in [-0.1, -0.05) is 20.3 Å². The van der Waals surface area contributed by atoms with Gasteiger partial charge in [-0.2, -0.15) is 5.10 Å². The maximum Gasteiger partial charge on any atom is 0.0664 e. The van der Waals surface area contributed by atoms with Gasteiger partial charge in [0.2, 0.25) is 0 Å². The summed E-state index contributed by atoms with van der Waals surface area (Å²) >= 11 is 0. The lowest BCUT2D eigenvalue weighted by Crippen LogP contribution is -2.26. The second-order valence-corrected chi connectivity index (χ2v) is 4.19. The van der Waals surface area contributed by atoms with Crippen molar-refractivity contribution in [1.29, 1.82) is 0 Å². The molecule has 1 unspecified atom stereocenters. The number of aliphatic hydroxyl groups excluding tert-OH is 1. The minimum absolute atomic E-state index is 0.226. The molecule has 0 saturated carbocycles. The fraction of sp³-hybridized carbons (Fsp3) is 0.750. The van der Waals surface area contributed by atoms with Gasteiger partial charge in [-0.25, -0.2) is 0 Å². The molecule has 0 bridgehead atoms. The molecular formula is C12H23N3O. The summed E-state index contributed by atoms with van der Waals surface area (Å²) in [6.07, 6.45) is 6.71. The highest BCUT2D eigenvalue weighted by molar-refractivity contribution is 5.03.